The normalized spacial score (nSPS) is 12.8. The zero-order chi connectivity index (χ0) is 9.84. The van der Waals surface area contributed by atoms with Crippen LogP contribution >= 0.6 is 11.8 Å². The smallest absolute Gasteiger partial charge is 0.251 e. The average molecular weight is 200 g/mol. The van der Waals surface area contributed by atoms with E-state index in [1.807, 2.05) is 0 Å². The van der Waals surface area contributed by atoms with Crippen LogP contribution in [0, 0.1) is 6.92 Å². The number of aromatic amines is 1. The van der Waals surface area contributed by atoms with Crippen molar-refractivity contribution in [2.24, 2.45) is 0 Å². The average Bonchev–Trinajstić information content (AvgIpc) is 1.99. The molecule has 0 aliphatic rings. The van der Waals surface area contributed by atoms with Gasteiger partial charge < -0.3 is 10.1 Å². The number of H-pyrrole nitrogens is 1. The first-order chi connectivity index (χ1) is 6.08. The van der Waals surface area contributed by atoms with Crippen LogP contribution in [0.2, 0.25) is 0 Å². The third-order valence-corrected chi connectivity index (χ3v) is 2.43. The molecular weight excluding hydrogens is 188 g/mol. The minimum atomic E-state index is -0.393. The van der Waals surface area contributed by atoms with Gasteiger partial charge in [0.25, 0.3) is 5.56 Å². The molecule has 1 rings (SSSR count). The highest BCUT2D eigenvalue weighted by atomic mass is 32.2. The molecule has 0 aliphatic heterocycles. The van der Waals surface area contributed by atoms with Crippen molar-refractivity contribution in [1.82, 2.24) is 9.97 Å². The van der Waals surface area contributed by atoms with Gasteiger partial charge in [0.2, 0.25) is 0 Å². The minimum Gasteiger partial charge on any atom is -0.393 e. The second kappa shape index (κ2) is 4.43. The standard InChI is InChI=1S/C8H12N2O2S/c1-5-3-7(12)10-8(9-5)13-4-6(2)11/h3,6,11H,4H2,1-2H3,(H,9,10,12). The van der Waals surface area contributed by atoms with E-state index in [-0.39, 0.29) is 5.56 Å². The van der Waals surface area contributed by atoms with E-state index < -0.39 is 6.10 Å². The summed E-state index contributed by atoms with van der Waals surface area (Å²) in [6, 6.07) is 1.44. The van der Waals surface area contributed by atoms with Crippen molar-refractivity contribution in [1.29, 1.82) is 0 Å². The lowest BCUT2D eigenvalue weighted by Gasteiger charge is -2.02. The Hall–Kier alpha value is -0.810. The highest BCUT2D eigenvalue weighted by Crippen LogP contribution is 2.11. The molecule has 1 unspecified atom stereocenters. The van der Waals surface area contributed by atoms with Gasteiger partial charge in [-0.15, -0.1) is 0 Å². The quantitative estimate of drug-likeness (QED) is 0.552. The van der Waals surface area contributed by atoms with Gasteiger partial charge >= 0.3 is 0 Å². The maximum absolute atomic E-state index is 11.0. The van der Waals surface area contributed by atoms with E-state index in [0.29, 0.717) is 16.6 Å². The molecule has 0 saturated heterocycles. The Balaban J connectivity index is 2.72. The van der Waals surface area contributed by atoms with Crippen LogP contribution in [0.4, 0.5) is 0 Å². The summed E-state index contributed by atoms with van der Waals surface area (Å²) in [5, 5.41) is 9.57. The fraction of sp³-hybridized carbons (Fsp3) is 0.500. The molecule has 1 aromatic heterocycles. The molecule has 72 valence electrons. The van der Waals surface area contributed by atoms with E-state index >= 15 is 0 Å². The third kappa shape index (κ3) is 3.61. The van der Waals surface area contributed by atoms with Crippen molar-refractivity contribution in [3.63, 3.8) is 0 Å². The summed E-state index contributed by atoms with van der Waals surface area (Å²) in [6.07, 6.45) is -0.393. The van der Waals surface area contributed by atoms with Crippen molar-refractivity contribution in [2.45, 2.75) is 25.1 Å². The molecule has 0 aromatic carbocycles. The maximum Gasteiger partial charge on any atom is 0.251 e. The molecule has 0 fully saturated rings. The second-order valence-electron chi connectivity index (χ2n) is 2.85. The Bertz CT molecular complexity index is 335. The van der Waals surface area contributed by atoms with Crippen LogP contribution in [0.3, 0.4) is 0 Å². The largest absolute Gasteiger partial charge is 0.393 e. The van der Waals surface area contributed by atoms with E-state index in [1.54, 1.807) is 13.8 Å². The number of aliphatic hydroxyl groups is 1. The number of thioether (sulfide) groups is 1. The molecule has 1 heterocycles. The summed E-state index contributed by atoms with van der Waals surface area (Å²) in [4.78, 5) is 17.7. The maximum atomic E-state index is 11.0. The van der Waals surface area contributed by atoms with Crippen LogP contribution in [-0.4, -0.2) is 26.9 Å². The highest BCUT2D eigenvalue weighted by molar-refractivity contribution is 7.99. The van der Waals surface area contributed by atoms with Gasteiger partial charge in [0.1, 0.15) is 0 Å². The Morgan fingerprint density at radius 2 is 2.46 bits per heavy atom. The predicted molar refractivity (Wildman–Crippen MR) is 52.0 cm³/mol. The molecule has 0 radical (unpaired) electrons. The third-order valence-electron chi connectivity index (χ3n) is 1.31. The molecule has 1 atom stereocenters. The van der Waals surface area contributed by atoms with Crippen molar-refractivity contribution in [3.8, 4) is 0 Å². The lowest BCUT2D eigenvalue weighted by molar-refractivity contribution is 0.220. The van der Waals surface area contributed by atoms with E-state index in [2.05, 4.69) is 9.97 Å². The van der Waals surface area contributed by atoms with Crippen molar-refractivity contribution in [3.05, 3.63) is 22.1 Å². The lowest BCUT2D eigenvalue weighted by Crippen LogP contribution is -2.10. The number of aromatic nitrogens is 2. The molecule has 0 saturated carbocycles. The number of rotatable bonds is 3. The first-order valence-corrected chi connectivity index (χ1v) is 4.95. The van der Waals surface area contributed by atoms with Gasteiger partial charge in [-0.05, 0) is 13.8 Å². The van der Waals surface area contributed by atoms with Crippen LogP contribution in [0.5, 0.6) is 0 Å². The van der Waals surface area contributed by atoms with Gasteiger partial charge in [-0.25, -0.2) is 4.98 Å². The van der Waals surface area contributed by atoms with Crippen LogP contribution in [0.1, 0.15) is 12.6 Å². The number of hydrogen-bond acceptors (Lipinski definition) is 4. The molecule has 0 bridgehead atoms. The fourth-order valence-electron chi connectivity index (χ4n) is 0.819. The summed E-state index contributed by atoms with van der Waals surface area (Å²) in [5.74, 6) is 0.534. The van der Waals surface area contributed by atoms with E-state index in [9.17, 15) is 4.79 Å². The van der Waals surface area contributed by atoms with Gasteiger partial charge in [0, 0.05) is 17.5 Å². The molecule has 4 nitrogen and oxygen atoms in total. The highest BCUT2D eigenvalue weighted by Gasteiger charge is 2.01. The Morgan fingerprint density at radius 3 is 3.00 bits per heavy atom. The van der Waals surface area contributed by atoms with Crippen LogP contribution in [0.25, 0.3) is 0 Å². The number of aliphatic hydroxyl groups excluding tert-OH is 1. The SMILES string of the molecule is Cc1cc(=O)[nH]c(SCC(C)O)n1. The van der Waals surface area contributed by atoms with Crippen LogP contribution in [0.15, 0.2) is 16.0 Å². The van der Waals surface area contributed by atoms with Gasteiger partial charge in [0.05, 0.1) is 6.10 Å². The van der Waals surface area contributed by atoms with Gasteiger partial charge in [-0.2, -0.15) is 0 Å². The van der Waals surface area contributed by atoms with Crippen LogP contribution in [-0.2, 0) is 0 Å². The molecule has 2 N–H and O–H groups in total. The van der Waals surface area contributed by atoms with Gasteiger partial charge in [-0.3, -0.25) is 4.79 Å². The zero-order valence-corrected chi connectivity index (χ0v) is 8.39. The van der Waals surface area contributed by atoms with E-state index in [0.717, 1.165) is 0 Å². The summed E-state index contributed by atoms with van der Waals surface area (Å²) >= 11 is 1.34. The molecular formula is C8H12N2O2S. The van der Waals surface area contributed by atoms with Crippen LogP contribution < -0.4 is 5.56 Å². The van der Waals surface area contributed by atoms with Gasteiger partial charge in [0.15, 0.2) is 5.16 Å². The van der Waals surface area contributed by atoms with Crippen molar-refractivity contribution in [2.75, 3.05) is 5.75 Å². The van der Waals surface area contributed by atoms with E-state index in [1.165, 1.54) is 17.8 Å². The first-order valence-electron chi connectivity index (χ1n) is 3.97. The predicted octanol–water partition coefficient (Wildman–Crippen LogP) is 0.551. The van der Waals surface area contributed by atoms with Gasteiger partial charge in [-0.1, -0.05) is 11.8 Å². The number of aryl methyl sites for hydroxylation is 1. The summed E-state index contributed by atoms with van der Waals surface area (Å²) in [6.45, 7) is 3.46. The topological polar surface area (TPSA) is 66.0 Å². The molecule has 13 heavy (non-hydrogen) atoms. The molecule has 0 amide bonds. The van der Waals surface area contributed by atoms with E-state index in [4.69, 9.17) is 5.11 Å². The first kappa shape index (κ1) is 10.3. The Morgan fingerprint density at radius 1 is 1.77 bits per heavy atom. The molecule has 0 spiro atoms. The summed E-state index contributed by atoms with van der Waals surface area (Å²) < 4.78 is 0. The molecule has 5 heteroatoms. The summed E-state index contributed by atoms with van der Waals surface area (Å²) in [7, 11) is 0. The lowest BCUT2D eigenvalue weighted by atomic mass is 10.5. The number of nitrogens with zero attached hydrogens (tertiary/aromatic N) is 1. The summed E-state index contributed by atoms with van der Waals surface area (Å²) in [5.41, 5.74) is 0.539. The number of nitrogens with one attached hydrogen (secondary N) is 1. The Kier molecular flexibility index (Phi) is 3.50. The monoisotopic (exact) mass is 200 g/mol. The second-order valence-corrected chi connectivity index (χ2v) is 3.86. The molecule has 1 aromatic rings. The minimum absolute atomic E-state index is 0.152. The molecule has 0 aliphatic carbocycles. The Labute approximate surface area is 80.4 Å². The van der Waals surface area contributed by atoms with Crippen molar-refractivity contribution >= 4 is 11.8 Å². The zero-order valence-electron chi connectivity index (χ0n) is 7.57. The fourth-order valence-corrected chi connectivity index (χ4v) is 1.60. The van der Waals surface area contributed by atoms with Crippen molar-refractivity contribution < 1.29 is 5.11 Å². The number of hydrogen-bond donors (Lipinski definition) is 2.